The van der Waals surface area contributed by atoms with Crippen LogP contribution in [0.4, 0.5) is 0 Å². The lowest BCUT2D eigenvalue weighted by Gasteiger charge is -2.09. The van der Waals surface area contributed by atoms with E-state index in [2.05, 4.69) is 29.1 Å². The molecule has 0 radical (unpaired) electrons. The molecule has 1 saturated heterocycles. The summed E-state index contributed by atoms with van der Waals surface area (Å²) in [7, 11) is 2.19. The van der Waals surface area contributed by atoms with Crippen LogP contribution in [0, 0.1) is 5.92 Å². The zero-order valence-corrected chi connectivity index (χ0v) is 12.2. The van der Waals surface area contributed by atoms with E-state index in [4.69, 9.17) is 4.74 Å². The minimum atomic E-state index is 0.190. The summed E-state index contributed by atoms with van der Waals surface area (Å²) in [4.78, 5) is 6.62. The van der Waals surface area contributed by atoms with E-state index >= 15 is 0 Å². The van der Waals surface area contributed by atoms with Crippen molar-refractivity contribution in [1.82, 2.24) is 9.88 Å². The van der Waals surface area contributed by atoms with Gasteiger partial charge in [-0.2, -0.15) is 0 Å². The molecule has 0 amide bonds. The lowest BCUT2D eigenvalue weighted by Crippen LogP contribution is -2.13. The number of allylic oxidation sites excluding steroid dienone is 1. The SMILES string of the molecule is CC(C)Oc1cncc(C=CCC2CCN(C)C2)c1. The molecule has 1 fully saturated rings. The minimum absolute atomic E-state index is 0.190. The van der Waals surface area contributed by atoms with Crippen molar-refractivity contribution in [2.45, 2.75) is 32.8 Å². The predicted octanol–water partition coefficient (Wildman–Crippen LogP) is 3.22. The first-order valence-corrected chi connectivity index (χ1v) is 7.10. The van der Waals surface area contributed by atoms with Crippen molar-refractivity contribution in [3.8, 4) is 5.75 Å². The van der Waals surface area contributed by atoms with Crippen LogP contribution in [0.2, 0.25) is 0 Å². The van der Waals surface area contributed by atoms with Crippen LogP contribution in [-0.2, 0) is 0 Å². The second-order valence-electron chi connectivity index (χ2n) is 5.68. The Bertz CT molecular complexity index is 429. The molecular formula is C16H24N2O. The Labute approximate surface area is 116 Å². The highest BCUT2D eigenvalue weighted by Gasteiger charge is 2.17. The molecule has 2 rings (SSSR count). The molecule has 0 spiro atoms. The van der Waals surface area contributed by atoms with Crippen molar-refractivity contribution in [3.05, 3.63) is 30.1 Å². The van der Waals surface area contributed by atoms with E-state index in [1.165, 1.54) is 19.5 Å². The monoisotopic (exact) mass is 260 g/mol. The minimum Gasteiger partial charge on any atom is -0.489 e. The molecule has 3 nitrogen and oxygen atoms in total. The Kier molecular flexibility index (Phi) is 4.97. The fourth-order valence-electron chi connectivity index (χ4n) is 2.48. The Hall–Kier alpha value is -1.35. The Morgan fingerprint density at radius 1 is 1.47 bits per heavy atom. The molecule has 1 aromatic rings. The molecule has 1 aromatic heterocycles. The van der Waals surface area contributed by atoms with Gasteiger partial charge in [0.05, 0.1) is 12.3 Å². The standard InChI is InChI=1S/C16H24N2O/c1-13(2)19-16-9-15(10-17-11-16)6-4-5-14-7-8-18(3)12-14/h4,6,9-11,13-14H,5,7-8,12H2,1-3H3. The lowest BCUT2D eigenvalue weighted by atomic mass is 10.0. The van der Waals surface area contributed by atoms with Crippen LogP contribution in [0.1, 0.15) is 32.3 Å². The highest BCUT2D eigenvalue weighted by molar-refractivity contribution is 5.49. The predicted molar refractivity (Wildman–Crippen MR) is 79.3 cm³/mol. The molecule has 0 N–H and O–H groups in total. The van der Waals surface area contributed by atoms with E-state index in [0.29, 0.717) is 0 Å². The van der Waals surface area contributed by atoms with E-state index < -0.39 is 0 Å². The smallest absolute Gasteiger partial charge is 0.138 e. The normalized spacial score (nSPS) is 20.5. The first-order valence-electron chi connectivity index (χ1n) is 7.10. The summed E-state index contributed by atoms with van der Waals surface area (Å²) in [6.07, 6.45) is 10.7. The number of ether oxygens (including phenoxy) is 1. The quantitative estimate of drug-likeness (QED) is 0.813. The summed E-state index contributed by atoms with van der Waals surface area (Å²) >= 11 is 0. The number of hydrogen-bond acceptors (Lipinski definition) is 3. The van der Waals surface area contributed by atoms with Crippen molar-refractivity contribution >= 4 is 6.08 Å². The van der Waals surface area contributed by atoms with Crippen LogP contribution in [0.15, 0.2) is 24.5 Å². The van der Waals surface area contributed by atoms with Crippen LogP contribution in [0.5, 0.6) is 5.75 Å². The van der Waals surface area contributed by atoms with Gasteiger partial charge in [0.2, 0.25) is 0 Å². The molecule has 0 saturated carbocycles. The Morgan fingerprint density at radius 2 is 2.32 bits per heavy atom. The molecular weight excluding hydrogens is 236 g/mol. The summed E-state index contributed by atoms with van der Waals surface area (Å²) in [5, 5.41) is 0. The molecule has 2 heterocycles. The van der Waals surface area contributed by atoms with Crippen molar-refractivity contribution in [2.24, 2.45) is 5.92 Å². The summed E-state index contributed by atoms with van der Waals surface area (Å²) < 4.78 is 5.65. The maximum Gasteiger partial charge on any atom is 0.138 e. The van der Waals surface area contributed by atoms with E-state index in [1.807, 2.05) is 26.1 Å². The maximum atomic E-state index is 5.65. The highest BCUT2D eigenvalue weighted by atomic mass is 16.5. The third kappa shape index (κ3) is 4.67. The van der Waals surface area contributed by atoms with E-state index in [0.717, 1.165) is 23.7 Å². The number of aromatic nitrogens is 1. The van der Waals surface area contributed by atoms with Gasteiger partial charge >= 0.3 is 0 Å². The van der Waals surface area contributed by atoms with Gasteiger partial charge in [0, 0.05) is 12.7 Å². The molecule has 0 bridgehead atoms. The van der Waals surface area contributed by atoms with Crippen LogP contribution in [-0.4, -0.2) is 36.1 Å². The Balaban J connectivity index is 1.87. The molecule has 0 aromatic carbocycles. The third-order valence-corrected chi connectivity index (χ3v) is 3.37. The molecule has 19 heavy (non-hydrogen) atoms. The zero-order valence-electron chi connectivity index (χ0n) is 12.2. The van der Waals surface area contributed by atoms with Gasteiger partial charge in [0.25, 0.3) is 0 Å². The van der Waals surface area contributed by atoms with Gasteiger partial charge in [-0.15, -0.1) is 0 Å². The lowest BCUT2D eigenvalue weighted by molar-refractivity contribution is 0.241. The maximum absolute atomic E-state index is 5.65. The van der Waals surface area contributed by atoms with Gasteiger partial charge in [-0.25, -0.2) is 0 Å². The number of hydrogen-bond donors (Lipinski definition) is 0. The summed E-state index contributed by atoms with van der Waals surface area (Å²) in [6.45, 7) is 6.51. The molecule has 1 aliphatic rings. The van der Waals surface area contributed by atoms with Crippen LogP contribution < -0.4 is 4.74 Å². The number of pyridine rings is 1. The Morgan fingerprint density at radius 3 is 3.00 bits per heavy atom. The van der Waals surface area contributed by atoms with Crippen molar-refractivity contribution in [2.75, 3.05) is 20.1 Å². The first-order chi connectivity index (χ1) is 9.13. The van der Waals surface area contributed by atoms with Gasteiger partial charge in [-0.3, -0.25) is 4.98 Å². The van der Waals surface area contributed by atoms with Gasteiger partial charge < -0.3 is 9.64 Å². The van der Waals surface area contributed by atoms with Gasteiger partial charge in [0.1, 0.15) is 5.75 Å². The molecule has 104 valence electrons. The fourth-order valence-corrected chi connectivity index (χ4v) is 2.48. The number of rotatable bonds is 5. The average molecular weight is 260 g/mol. The average Bonchev–Trinajstić information content (AvgIpc) is 2.75. The van der Waals surface area contributed by atoms with Crippen LogP contribution >= 0.6 is 0 Å². The largest absolute Gasteiger partial charge is 0.489 e. The third-order valence-electron chi connectivity index (χ3n) is 3.37. The number of likely N-dealkylation sites (tertiary alicyclic amines) is 1. The van der Waals surface area contributed by atoms with Crippen LogP contribution in [0.3, 0.4) is 0 Å². The van der Waals surface area contributed by atoms with Crippen LogP contribution in [0.25, 0.3) is 6.08 Å². The van der Waals surface area contributed by atoms with Gasteiger partial charge in [-0.05, 0) is 57.8 Å². The molecule has 1 unspecified atom stereocenters. The fraction of sp³-hybridized carbons (Fsp3) is 0.562. The van der Waals surface area contributed by atoms with Crippen molar-refractivity contribution < 1.29 is 4.74 Å². The second-order valence-corrected chi connectivity index (χ2v) is 5.68. The molecule has 0 aliphatic carbocycles. The highest BCUT2D eigenvalue weighted by Crippen LogP contribution is 2.19. The van der Waals surface area contributed by atoms with Gasteiger partial charge in [-0.1, -0.05) is 12.2 Å². The van der Waals surface area contributed by atoms with E-state index in [-0.39, 0.29) is 6.10 Å². The van der Waals surface area contributed by atoms with Crippen molar-refractivity contribution in [3.63, 3.8) is 0 Å². The first kappa shape index (κ1) is 14.1. The van der Waals surface area contributed by atoms with Gasteiger partial charge in [0.15, 0.2) is 0 Å². The topological polar surface area (TPSA) is 25.4 Å². The number of nitrogens with zero attached hydrogens (tertiary/aromatic N) is 2. The summed E-state index contributed by atoms with van der Waals surface area (Å²) in [6, 6.07) is 2.05. The summed E-state index contributed by atoms with van der Waals surface area (Å²) in [5.74, 6) is 1.65. The second kappa shape index (κ2) is 6.71. The van der Waals surface area contributed by atoms with E-state index in [9.17, 15) is 0 Å². The van der Waals surface area contributed by atoms with Crippen molar-refractivity contribution in [1.29, 1.82) is 0 Å². The summed E-state index contributed by atoms with van der Waals surface area (Å²) in [5.41, 5.74) is 1.12. The molecule has 1 aliphatic heterocycles. The molecule has 3 heteroatoms. The zero-order chi connectivity index (χ0) is 13.7. The molecule has 1 atom stereocenters. The van der Waals surface area contributed by atoms with E-state index in [1.54, 1.807) is 6.20 Å².